The molecule has 0 fully saturated rings. The number of rotatable bonds is 1. The number of amides is 1. The molecule has 0 spiro atoms. The zero-order valence-electron chi connectivity index (χ0n) is 12.0. The number of anilines is 3. The summed E-state index contributed by atoms with van der Waals surface area (Å²) in [4.78, 5) is 20.1. The predicted octanol–water partition coefficient (Wildman–Crippen LogP) is 1.73. The third-order valence-corrected chi connectivity index (χ3v) is 3.79. The van der Waals surface area contributed by atoms with Gasteiger partial charge in [-0.3, -0.25) is 4.79 Å². The predicted molar refractivity (Wildman–Crippen MR) is 81.9 cm³/mol. The molecule has 0 aliphatic carbocycles. The maximum absolute atomic E-state index is 12.0. The smallest absolute Gasteiger partial charge is 0.226 e. The van der Waals surface area contributed by atoms with Crippen LogP contribution in [-0.2, 0) is 4.79 Å². The molecule has 6 heteroatoms. The first-order valence-electron chi connectivity index (χ1n) is 6.75. The lowest BCUT2D eigenvalue weighted by atomic mass is 9.83. The molecule has 1 aromatic heterocycles. The lowest BCUT2D eigenvalue weighted by Crippen LogP contribution is -2.27. The summed E-state index contributed by atoms with van der Waals surface area (Å²) in [5, 5.41) is 2.72. The largest absolute Gasteiger partial charge is 0.383 e. The molecular formula is C15H17N5O. The quantitative estimate of drug-likeness (QED) is 0.739. The van der Waals surface area contributed by atoms with Crippen LogP contribution in [-0.4, -0.2) is 15.9 Å². The SMILES string of the molecule is Cc1ccc([C@@H]2CC(=O)Nc3nc(N)nc(N)c32)c(C)c1. The van der Waals surface area contributed by atoms with E-state index in [9.17, 15) is 4.79 Å². The molecule has 0 unspecified atom stereocenters. The van der Waals surface area contributed by atoms with Crippen molar-refractivity contribution in [2.75, 3.05) is 16.8 Å². The highest BCUT2D eigenvalue weighted by molar-refractivity contribution is 5.95. The van der Waals surface area contributed by atoms with E-state index in [-0.39, 0.29) is 17.8 Å². The van der Waals surface area contributed by atoms with Crippen LogP contribution in [0.1, 0.15) is 34.6 Å². The van der Waals surface area contributed by atoms with Crippen LogP contribution in [0.3, 0.4) is 0 Å². The Labute approximate surface area is 122 Å². The molecule has 0 saturated heterocycles. The molecule has 2 aromatic rings. The number of carbonyl (C=O) groups excluding carboxylic acids is 1. The standard InChI is InChI=1S/C15H17N5O/c1-7-3-4-9(8(2)5-7)10-6-11(21)18-14-12(10)13(16)19-15(17)20-14/h3-5,10H,6H2,1-2H3,(H5,16,17,18,19,20,21)/t10-/m0/s1. The summed E-state index contributed by atoms with van der Waals surface area (Å²) in [6, 6.07) is 6.16. The van der Waals surface area contributed by atoms with Crippen molar-refractivity contribution in [3.8, 4) is 0 Å². The summed E-state index contributed by atoms with van der Waals surface area (Å²) in [7, 11) is 0. The topological polar surface area (TPSA) is 107 Å². The second kappa shape index (κ2) is 4.73. The van der Waals surface area contributed by atoms with Crippen molar-refractivity contribution in [3.63, 3.8) is 0 Å². The van der Waals surface area contributed by atoms with Crippen molar-refractivity contribution in [1.29, 1.82) is 0 Å². The Hall–Kier alpha value is -2.63. The van der Waals surface area contributed by atoms with Crippen LogP contribution in [0.15, 0.2) is 18.2 Å². The minimum absolute atomic E-state index is 0.0628. The van der Waals surface area contributed by atoms with Gasteiger partial charge in [0, 0.05) is 17.9 Å². The third-order valence-electron chi connectivity index (χ3n) is 3.79. The average Bonchev–Trinajstić information content (AvgIpc) is 2.36. The molecule has 1 amide bonds. The van der Waals surface area contributed by atoms with Gasteiger partial charge in [-0.15, -0.1) is 0 Å². The van der Waals surface area contributed by atoms with Crippen molar-refractivity contribution in [2.45, 2.75) is 26.2 Å². The fraction of sp³-hybridized carbons (Fsp3) is 0.267. The maximum Gasteiger partial charge on any atom is 0.226 e. The first kappa shape index (κ1) is 13.4. The number of hydrogen-bond donors (Lipinski definition) is 3. The molecular weight excluding hydrogens is 266 g/mol. The minimum Gasteiger partial charge on any atom is -0.383 e. The number of fused-ring (bicyclic) bond motifs is 1. The van der Waals surface area contributed by atoms with Crippen LogP contribution in [0.2, 0.25) is 0 Å². The lowest BCUT2D eigenvalue weighted by Gasteiger charge is -2.27. The lowest BCUT2D eigenvalue weighted by molar-refractivity contribution is -0.116. The number of carbonyl (C=O) groups is 1. The highest BCUT2D eigenvalue weighted by Crippen LogP contribution is 2.40. The zero-order valence-corrected chi connectivity index (χ0v) is 12.0. The van der Waals surface area contributed by atoms with E-state index in [4.69, 9.17) is 11.5 Å². The third kappa shape index (κ3) is 2.29. The Kier molecular flexibility index (Phi) is 3.01. The maximum atomic E-state index is 12.0. The van der Waals surface area contributed by atoms with Crippen LogP contribution in [0.4, 0.5) is 17.6 Å². The highest BCUT2D eigenvalue weighted by atomic mass is 16.1. The van der Waals surface area contributed by atoms with Gasteiger partial charge in [0.2, 0.25) is 11.9 Å². The Bertz CT molecular complexity index is 741. The van der Waals surface area contributed by atoms with Gasteiger partial charge in [0.25, 0.3) is 0 Å². The summed E-state index contributed by atoms with van der Waals surface area (Å²) in [5.41, 5.74) is 15.7. The Morgan fingerprint density at radius 3 is 2.71 bits per heavy atom. The normalized spacial score (nSPS) is 17.2. The van der Waals surface area contributed by atoms with Gasteiger partial charge in [-0.25, -0.2) is 0 Å². The second-order valence-electron chi connectivity index (χ2n) is 5.39. The molecule has 1 aliphatic heterocycles. The first-order chi connectivity index (χ1) is 9.95. The Morgan fingerprint density at radius 2 is 2.00 bits per heavy atom. The molecule has 1 aromatic carbocycles. The zero-order chi connectivity index (χ0) is 15.1. The van der Waals surface area contributed by atoms with Crippen LogP contribution in [0, 0.1) is 13.8 Å². The molecule has 21 heavy (non-hydrogen) atoms. The highest BCUT2D eigenvalue weighted by Gasteiger charge is 2.31. The number of nitrogen functional groups attached to an aromatic ring is 2. The van der Waals surface area contributed by atoms with E-state index in [2.05, 4.69) is 21.4 Å². The van der Waals surface area contributed by atoms with Crippen LogP contribution >= 0.6 is 0 Å². The fourth-order valence-corrected chi connectivity index (χ4v) is 2.90. The minimum atomic E-state index is -0.144. The molecule has 3 rings (SSSR count). The van der Waals surface area contributed by atoms with Gasteiger partial charge in [0.15, 0.2) is 0 Å². The Morgan fingerprint density at radius 1 is 1.24 bits per heavy atom. The van der Waals surface area contributed by atoms with Gasteiger partial charge in [-0.2, -0.15) is 9.97 Å². The molecule has 2 heterocycles. The summed E-state index contributed by atoms with van der Waals surface area (Å²) in [5.74, 6) is 0.566. The fourth-order valence-electron chi connectivity index (χ4n) is 2.90. The van der Waals surface area contributed by atoms with E-state index < -0.39 is 0 Å². The number of nitrogens with zero attached hydrogens (tertiary/aromatic N) is 2. The van der Waals surface area contributed by atoms with E-state index in [1.807, 2.05) is 26.0 Å². The molecule has 1 atom stereocenters. The molecule has 108 valence electrons. The van der Waals surface area contributed by atoms with Crippen molar-refractivity contribution >= 4 is 23.5 Å². The van der Waals surface area contributed by atoms with Gasteiger partial charge in [0.1, 0.15) is 11.6 Å². The van der Waals surface area contributed by atoms with Crippen LogP contribution in [0.5, 0.6) is 0 Å². The van der Waals surface area contributed by atoms with Gasteiger partial charge < -0.3 is 16.8 Å². The number of benzene rings is 1. The van der Waals surface area contributed by atoms with Crippen LogP contribution < -0.4 is 16.8 Å². The average molecular weight is 283 g/mol. The van der Waals surface area contributed by atoms with Gasteiger partial charge >= 0.3 is 0 Å². The Balaban J connectivity index is 2.19. The van der Waals surface area contributed by atoms with Crippen molar-refractivity contribution < 1.29 is 4.79 Å². The van der Waals surface area contributed by atoms with Crippen LogP contribution in [0.25, 0.3) is 0 Å². The molecule has 0 radical (unpaired) electrons. The van der Waals surface area contributed by atoms with Crippen molar-refractivity contribution in [2.24, 2.45) is 0 Å². The number of aromatic nitrogens is 2. The first-order valence-corrected chi connectivity index (χ1v) is 6.75. The monoisotopic (exact) mass is 283 g/mol. The summed E-state index contributed by atoms with van der Waals surface area (Å²) in [6.45, 7) is 4.07. The van der Waals surface area contributed by atoms with Crippen molar-refractivity contribution in [1.82, 2.24) is 9.97 Å². The number of nitrogens with one attached hydrogen (secondary N) is 1. The van der Waals surface area contributed by atoms with E-state index in [0.29, 0.717) is 18.1 Å². The molecule has 0 bridgehead atoms. The molecule has 5 N–H and O–H groups in total. The summed E-state index contributed by atoms with van der Waals surface area (Å²) in [6.07, 6.45) is 0.328. The molecule has 6 nitrogen and oxygen atoms in total. The van der Waals surface area contributed by atoms with Crippen molar-refractivity contribution in [3.05, 3.63) is 40.5 Å². The van der Waals surface area contributed by atoms with Gasteiger partial charge in [-0.1, -0.05) is 23.8 Å². The summed E-state index contributed by atoms with van der Waals surface area (Å²) >= 11 is 0. The second-order valence-corrected chi connectivity index (χ2v) is 5.39. The van der Waals surface area contributed by atoms with E-state index in [1.165, 1.54) is 5.56 Å². The number of aryl methyl sites for hydroxylation is 2. The van der Waals surface area contributed by atoms with Gasteiger partial charge in [0.05, 0.1) is 0 Å². The van der Waals surface area contributed by atoms with E-state index in [1.54, 1.807) is 0 Å². The summed E-state index contributed by atoms with van der Waals surface area (Å²) < 4.78 is 0. The van der Waals surface area contributed by atoms with E-state index >= 15 is 0 Å². The molecule has 0 saturated carbocycles. The number of hydrogen-bond acceptors (Lipinski definition) is 5. The number of nitrogens with two attached hydrogens (primary N) is 2. The van der Waals surface area contributed by atoms with Gasteiger partial charge in [-0.05, 0) is 25.0 Å². The van der Waals surface area contributed by atoms with E-state index in [0.717, 1.165) is 16.7 Å². The molecule has 1 aliphatic rings.